The van der Waals surface area contributed by atoms with Gasteiger partial charge in [0.15, 0.2) is 0 Å². The van der Waals surface area contributed by atoms with Crippen LogP contribution in [0.3, 0.4) is 0 Å². The van der Waals surface area contributed by atoms with Gasteiger partial charge in [0.2, 0.25) is 0 Å². The lowest BCUT2D eigenvalue weighted by Gasteiger charge is -2.18. The summed E-state index contributed by atoms with van der Waals surface area (Å²) in [6, 6.07) is 11.2. The summed E-state index contributed by atoms with van der Waals surface area (Å²) < 4.78 is 26.4. The highest BCUT2D eigenvalue weighted by Crippen LogP contribution is 2.15. The Morgan fingerprint density at radius 1 is 1.17 bits per heavy atom. The molecule has 0 saturated carbocycles. The average molecular weight is 350 g/mol. The van der Waals surface area contributed by atoms with Crippen LogP contribution in [0.5, 0.6) is 0 Å². The van der Waals surface area contributed by atoms with Crippen LogP contribution in [0.4, 0.5) is 13.6 Å². The molecule has 2 rings (SSSR count). The second kappa shape index (κ2) is 8.68. The van der Waals surface area contributed by atoms with Crippen molar-refractivity contribution in [3.63, 3.8) is 0 Å². The van der Waals surface area contributed by atoms with Gasteiger partial charge in [0, 0.05) is 31.1 Å². The van der Waals surface area contributed by atoms with E-state index in [0.717, 1.165) is 11.6 Å². The quantitative estimate of drug-likeness (QED) is 0.797. The summed E-state index contributed by atoms with van der Waals surface area (Å²) in [6.45, 7) is 0.780. The maximum absolute atomic E-state index is 13.5. The van der Waals surface area contributed by atoms with Gasteiger partial charge in [0.05, 0.1) is 0 Å². The number of nitrogens with one attached hydrogen (secondary N) is 1. The van der Waals surface area contributed by atoms with E-state index in [4.69, 9.17) is 0 Å². The molecule has 6 heteroatoms. The maximum atomic E-state index is 13.5. The zero-order valence-electron chi connectivity index (χ0n) is 13.7. The van der Waals surface area contributed by atoms with Crippen molar-refractivity contribution in [2.75, 3.05) is 19.8 Å². The zero-order valence-corrected chi connectivity index (χ0v) is 14.5. The van der Waals surface area contributed by atoms with Crippen molar-refractivity contribution in [1.29, 1.82) is 0 Å². The first kappa shape index (κ1) is 18.3. The lowest BCUT2D eigenvalue weighted by Crippen LogP contribution is -2.37. The van der Waals surface area contributed by atoms with Crippen LogP contribution in [0.1, 0.15) is 11.1 Å². The van der Waals surface area contributed by atoms with Crippen molar-refractivity contribution in [2.24, 2.45) is 0 Å². The van der Waals surface area contributed by atoms with Gasteiger partial charge in [-0.3, -0.25) is 0 Å². The topological polar surface area (TPSA) is 32.3 Å². The van der Waals surface area contributed by atoms with Gasteiger partial charge in [-0.1, -0.05) is 18.2 Å². The molecule has 0 unspecified atom stereocenters. The Morgan fingerprint density at radius 2 is 1.88 bits per heavy atom. The molecule has 1 N–H and O–H groups in total. The number of halogens is 2. The lowest BCUT2D eigenvalue weighted by molar-refractivity contribution is 0.207. The Morgan fingerprint density at radius 3 is 2.50 bits per heavy atom. The van der Waals surface area contributed by atoms with Crippen LogP contribution in [-0.2, 0) is 13.0 Å². The van der Waals surface area contributed by atoms with Crippen molar-refractivity contribution in [1.82, 2.24) is 10.2 Å². The molecule has 0 fully saturated rings. The highest BCUT2D eigenvalue weighted by molar-refractivity contribution is 7.98. The molecular formula is C18H20F2N2OS. The van der Waals surface area contributed by atoms with Gasteiger partial charge in [-0.2, -0.15) is 0 Å². The summed E-state index contributed by atoms with van der Waals surface area (Å²) in [5.41, 5.74) is 1.42. The number of rotatable bonds is 6. The summed E-state index contributed by atoms with van der Waals surface area (Å²) in [4.78, 5) is 14.8. The molecule has 0 aromatic heterocycles. The van der Waals surface area contributed by atoms with E-state index >= 15 is 0 Å². The molecule has 128 valence electrons. The van der Waals surface area contributed by atoms with E-state index in [1.807, 2.05) is 30.5 Å². The molecule has 0 aliphatic rings. The SMILES string of the molecule is CSc1ccc(CN(C)C(=O)NCCc2ccc(F)cc2F)cc1. The summed E-state index contributed by atoms with van der Waals surface area (Å²) in [5.74, 6) is -1.20. The van der Waals surface area contributed by atoms with Crippen LogP contribution in [0, 0.1) is 11.6 Å². The standard InChI is InChI=1S/C18H20F2N2OS/c1-22(12-13-3-7-16(24-2)8-4-13)18(23)21-10-9-14-5-6-15(19)11-17(14)20/h3-8,11H,9-10,12H2,1-2H3,(H,21,23). The van der Waals surface area contributed by atoms with Gasteiger partial charge < -0.3 is 10.2 Å². The van der Waals surface area contributed by atoms with E-state index in [0.29, 0.717) is 18.5 Å². The fourth-order valence-electron chi connectivity index (χ4n) is 2.24. The number of urea groups is 1. The predicted octanol–water partition coefficient (Wildman–Crippen LogP) is 4.07. The molecule has 2 amide bonds. The number of carbonyl (C=O) groups excluding carboxylic acids is 1. The van der Waals surface area contributed by atoms with Crippen molar-refractivity contribution in [3.8, 4) is 0 Å². The third-order valence-corrected chi connectivity index (χ3v) is 4.35. The molecule has 0 spiro atoms. The monoisotopic (exact) mass is 350 g/mol. The fraction of sp³-hybridized carbons (Fsp3) is 0.278. The molecule has 0 bridgehead atoms. The normalized spacial score (nSPS) is 10.5. The Bertz CT molecular complexity index is 692. The number of nitrogens with zero attached hydrogens (tertiary/aromatic N) is 1. The molecule has 0 aliphatic carbocycles. The molecular weight excluding hydrogens is 330 g/mol. The molecule has 2 aromatic carbocycles. The predicted molar refractivity (Wildman–Crippen MR) is 93.2 cm³/mol. The minimum absolute atomic E-state index is 0.230. The van der Waals surface area contributed by atoms with Crippen molar-refractivity contribution in [2.45, 2.75) is 17.9 Å². The number of carbonyl (C=O) groups is 1. The van der Waals surface area contributed by atoms with Crippen molar-refractivity contribution >= 4 is 17.8 Å². The molecule has 0 atom stereocenters. The van der Waals surface area contributed by atoms with E-state index in [1.54, 1.807) is 23.7 Å². The van der Waals surface area contributed by atoms with Gasteiger partial charge in [-0.05, 0) is 42.0 Å². The van der Waals surface area contributed by atoms with Crippen LogP contribution < -0.4 is 5.32 Å². The van der Waals surface area contributed by atoms with E-state index in [-0.39, 0.29) is 12.6 Å². The highest BCUT2D eigenvalue weighted by Gasteiger charge is 2.09. The maximum Gasteiger partial charge on any atom is 0.317 e. The molecule has 0 saturated heterocycles. The van der Waals surface area contributed by atoms with Gasteiger partial charge >= 0.3 is 6.03 Å². The Labute approximate surface area is 145 Å². The van der Waals surface area contributed by atoms with Gasteiger partial charge in [0.25, 0.3) is 0 Å². The summed E-state index contributed by atoms with van der Waals surface area (Å²) >= 11 is 1.67. The lowest BCUT2D eigenvalue weighted by atomic mass is 10.1. The smallest absolute Gasteiger partial charge is 0.317 e. The van der Waals surface area contributed by atoms with Gasteiger partial charge in [0.1, 0.15) is 11.6 Å². The Kier molecular flexibility index (Phi) is 6.61. The minimum atomic E-state index is -0.604. The number of hydrogen-bond acceptors (Lipinski definition) is 2. The summed E-state index contributed by atoms with van der Waals surface area (Å²) in [7, 11) is 1.70. The van der Waals surface area contributed by atoms with Crippen LogP contribution in [0.15, 0.2) is 47.4 Å². The second-order valence-electron chi connectivity index (χ2n) is 5.42. The third-order valence-electron chi connectivity index (χ3n) is 3.61. The number of amides is 2. The molecule has 2 aromatic rings. The number of benzene rings is 2. The molecule has 0 radical (unpaired) electrons. The fourth-order valence-corrected chi connectivity index (χ4v) is 2.65. The minimum Gasteiger partial charge on any atom is -0.338 e. The van der Waals surface area contributed by atoms with Gasteiger partial charge in [-0.15, -0.1) is 11.8 Å². The van der Waals surface area contributed by atoms with E-state index in [1.165, 1.54) is 17.0 Å². The molecule has 24 heavy (non-hydrogen) atoms. The highest BCUT2D eigenvalue weighted by atomic mass is 32.2. The number of hydrogen-bond donors (Lipinski definition) is 1. The third kappa shape index (κ3) is 5.23. The first-order chi connectivity index (χ1) is 11.5. The zero-order chi connectivity index (χ0) is 17.5. The first-order valence-corrected chi connectivity index (χ1v) is 8.78. The Hall–Kier alpha value is -2.08. The van der Waals surface area contributed by atoms with Gasteiger partial charge in [-0.25, -0.2) is 13.6 Å². The first-order valence-electron chi connectivity index (χ1n) is 7.55. The molecule has 3 nitrogen and oxygen atoms in total. The van der Waals surface area contributed by atoms with Crippen LogP contribution >= 0.6 is 11.8 Å². The summed E-state index contributed by atoms with van der Waals surface area (Å²) in [6.07, 6.45) is 2.33. The molecule has 0 aliphatic heterocycles. The molecule has 0 heterocycles. The van der Waals surface area contributed by atoms with Crippen molar-refractivity contribution < 1.29 is 13.6 Å². The van der Waals surface area contributed by atoms with E-state index in [2.05, 4.69) is 5.32 Å². The Balaban J connectivity index is 1.80. The largest absolute Gasteiger partial charge is 0.338 e. The van der Waals surface area contributed by atoms with Crippen LogP contribution in [0.25, 0.3) is 0 Å². The average Bonchev–Trinajstić information content (AvgIpc) is 2.57. The van der Waals surface area contributed by atoms with E-state index in [9.17, 15) is 13.6 Å². The second-order valence-corrected chi connectivity index (χ2v) is 6.30. The van der Waals surface area contributed by atoms with Crippen LogP contribution in [-0.4, -0.2) is 30.8 Å². The number of thioether (sulfide) groups is 1. The van der Waals surface area contributed by atoms with E-state index < -0.39 is 11.6 Å². The van der Waals surface area contributed by atoms with Crippen molar-refractivity contribution in [3.05, 3.63) is 65.2 Å². The summed E-state index contributed by atoms with van der Waals surface area (Å²) in [5, 5.41) is 2.74. The van der Waals surface area contributed by atoms with Crippen LogP contribution in [0.2, 0.25) is 0 Å².